The van der Waals surface area contributed by atoms with Crippen LogP contribution in [0, 0.1) is 6.92 Å². The summed E-state index contributed by atoms with van der Waals surface area (Å²) in [6, 6.07) is 19.3. The van der Waals surface area contributed by atoms with Gasteiger partial charge in [-0.3, -0.25) is 9.69 Å². The molecule has 0 radical (unpaired) electrons. The van der Waals surface area contributed by atoms with E-state index in [-0.39, 0.29) is 12.7 Å². The highest BCUT2D eigenvalue weighted by Gasteiger charge is 2.32. The fourth-order valence-electron chi connectivity index (χ4n) is 3.84. The molecule has 1 fully saturated rings. The lowest BCUT2D eigenvalue weighted by molar-refractivity contribution is -0.122. The van der Waals surface area contributed by atoms with Crippen molar-refractivity contribution in [1.29, 1.82) is 0 Å². The lowest BCUT2D eigenvalue weighted by Crippen LogP contribution is -2.28. The first kappa shape index (κ1) is 23.8. The first-order chi connectivity index (χ1) is 17.5. The predicted molar refractivity (Wildman–Crippen MR) is 141 cm³/mol. The van der Waals surface area contributed by atoms with E-state index in [1.807, 2.05) is 80.6 Å². The summed E-state index contributed by atoms with van der Waals surface area (Å²) in [6.07, 6.45) is 1.86. The molecule has 0 unspecified atom stereocenters. The Labute approximate surface area is 214 Å². The zero-order valence-corrected chi connectivity index (χ0v) is 21.1. The summed E-state index contributed by atoms with van der Waals surface area (Å²) in [5.41, 5.74) is 3.78. The van der Waals surface area contributed by atoms with E-state index in [4.69, 9.17) is 23.9 Å². The van der Waals surface area contributed by atoms with Crippen LogP contribution in [0.3, 0.4) is 0 Å². The van der Waals surface area contributed by atoms with Crippen molar-refractivity contribution in [2.75, 3.05) is 20.4 Å². The second-order valence-corrected chi connectivity index (χ2v) is 9.29. The zero-order valence-electron chi connectivity index (χ0n) is 20.3. The Bertz CT molecular complexity index is 1350. The van der Waals surface area contributed by atoms with E-state index in [1.54, 1.807) is 12.0 Å². The Kier molecular flexibility index (Phi) is 6.86. The third kappa shape index (κ3) is 5.04. The van der Waals surface area contributed by atoms with E-state index in [2.05, 4.69) is 0 Å². The van der Waals surface area contributed by atoms with E-state index in [0.717, 1.165) is 28.3 Å². The van der Waals surface area contributed by atoms with Gasteiger partial charge in [0.05, 0.1) is 17.7 Å². The molecule has 7 nitrogen and oxygen atoms in total. The minimum Gasteiger partial charge on any atom is -0.493 e. The molecule has 0 aliphatic carbocycles. The molecular formula is C28H26N2O5S. The number of hydrogen-bond acceptors (Lipinski definition) is 7. The van der Waals surface area contributed by atoms with Gasteiger partial charge in [-0.25, -0.2) is 4.99 Å². The van der Waals surface area contributed by atoms with Gasteiger partial charge in [0.2, 0.25) is 6.79 Å². The van der Waals surface area contributed by atoms with Crippen LogP contribution in [0.4, 0.5) is 5.69 Å². The molecule has 184 valence electrons. The first-order valence-electron chi connectivity index (χ1n) is 11.6. The van der Waals surface area contributed by atoms with E-state index < -0.39 is 0 Å². The highest BCUT2D eigenvalue weighted by atomic mass is 32.2. The number of hydrogen-bond donors (Lipinski definition) is 0. The fraction of sp³-hybridized carbons (Fsp3) is 0.214. The van der Waals surface area contributed by atoms with E-state index in [1.165, 1.54) is 17.3 Å². The van der Waals surface area contributed by atoms with Gasteiger partial charge in [-0.05, 0) is 79.2 Å². The van der Waals surface area contributed by atoms with E-state index >= 15 is 0 Å². The number of thioether (sulfide) groups is 1. The lowest BCUT2D eigenvalue weighted by atomic mass is 10.1. The van der Waals surface area contributed by atoms with Crippen LogP contribution in [0.2, 0.25) is 0 Å². The molecule has 0 bridgehead atoms. The first-order valence-corrected chi connectivity index (χ1v) is 12.4. The molecule has 0 N–H and O–H groups in total. The van der Waals surface area contributed by atoms with Crippen LogP contribution in [-0.2, 0) is 11.4 Å². The molecule has 36 heavy (non-hydrogen) atoms. The number of amides is 1. The maximum absolute atomic E-state index is 13.0. The number of methoxy groups -OCH3 is 1. The van der Waals surface area contributed by atoms with Gasteiger partial charge >= 0.3 is 0 Å². The van der Waals surface area contributed by atoms with Crippen molar-refractivity contribution in [2.45, 2.75) is 20.5 Å². The summed E-state index contributed by atoms with van der Waals surface area (Å²) in [5.74, 6) is 2.59. The number of benzene rings is 3. The quantitative estimate of drug-likeness (QED) is 0.373. The van der Waals surface area contributed by atoms with Crippen molar-refractivity contribution in [3.63, 3.8) is 0 Å². The Morgan fingerprint density at radius 1 is 1.03 bits per heavy atom. The number of fused-ring (bicyclic) bond motifs is 1. The molecular weight excluding hydrogens is 476 g/mol. The lowest BCUT2D eigenvalue weighted by Gasteiger charge is -2.12. The number of likely N-dealkylation sites (N-methyl/N-ethyl adjacent to an activating group) is 1. The Balaban J connectivity index is 1.33. The molecule has 2 aliphatic rings. The van der Waals surface area contributed by atoms with Crippen molar-refractivity contribution < 1.29 is 23.7 Å². The SMILES string of the molecule is CCN1C(=O)/C(=C\c2ccc(OCc3ccc4c(c3)OCO4)c(OC)c2)SC1=Nc1ccc(C)cc1. The molecule has 3 aromatic rings. The number of carbonyl (C=O) groups is 1. The van der Waals surface area contributed by atoms with Crippen molar-refractivity contribution in [2.24, 2.45) is 4.99 Å². The van der Waals surface area contributed by atoms with Gasteiger partial charge in [0.1, 0.15) is 6.61 Å². The topological polar surface area (TPSA) is 69.6 Å². The average Bonchev–Trinajstić information content (AvgIpc) is 3.48. The maximum Gasteiger partial charge on any atom is 0.266 e. The number of aliphatic imine (C=N–C) groups is 1. The minimum atomic E-state index is -0.0598. The summed E-state index contributed by atoms with van der Waals surface area (Å²) >= 11 is 1.37. The van der Waals surface area contributed by atoms with Crippen molar-refractivity contribution in [3.8, 4) is 23.0 Å². The summed E-state index contributed by atoms with van der Waals surface area (Å²) in [7, 11) is 1.60. The van der Waals surface area contributed by atoms with Gasteiger partial charge < -0.3 is 18.9 Å². The maximum atomic E-state index is 13.0. The van der Waals surface area contributed by atoms with Crippen LogP contribution < -0.4 is 18.9 Å². The summed E-state index contributed by atoms with van der Waals surface area (Å²) in [6.45, 7) is 5.11. The number of nitrogens with zero attached hydrogens (tertiary/aromatic N) is 2. The number of ether oxygens (including phenoxy) is 4. The second kappa shape index (κ2) is 10.4. The standard InChI is InChI=1S/C28H26N2O5S/c1-4-30-27(31)26(36-28(30)29-21-9-5-18(2)6-10-21)15-19-7-11-22(24(13-19)32-3)33-16-20-8-12-23-25(14-20)35-17-34-23/h5-15H,4,16-17H2,1-3H3/b26-15+,29-28?. The van der Waals surface area contributed by atoms with Gasteiger partial charge in [-0.15, -0.1) is 0 Å². The van der Waals surface area contributed by atoms with Crippen LogP contribution in [0.5, 0.6) is 23.0 Å². The molecule has 5 rings (SSSR count). The van der Waals surface area contributed by atoms with Gasteiger partial charge in [0.15, 0.2) is 28.2 Å². The molecule has 0 atom stereocenters. The zero-order chi connectivity index (χ0) is 25.1. The van der Waals surface area contributed by atoms with Gasteiger partial charge in [0.25, 0.3) is 5.91 Å². The Morgan fingerprint density at radius 2 is 1.83 bits per heavy atom. The largest absolute Gasteiger partial charge is 0.493 e. The summed E-state index contributed by atoms with van der Waals surface area (Å²) in [4.78, 5) is 20.0. The molecule has 1 saturated heterocycles. The third-order valence-corrected chi connectivity index (χ3v) is 6.79. The third-order valence-electron chi connectivity index (χ3n) is 5.78. The summed E-state index contributed by atoms with van der Waals surface area (Å²) < 4.78 is 22.4. The Hall–Kier alpha value is -3.91. The molecule has 3 aromatic carbocycles. The molecule has 1 amide bonds. The number of aryl methyl sites for hydroxylation is 1. The minimum absolute atomic E-state index is 0.0598. The monoisotopic (exact) mass is 502 g/mol. The molecule has 2 heterocycles. The normalized spacial score (nSPS) is 16.8. The molecule has 0 spiro atoms. The highest BCUT2D eigenvalue weighted by molar-refractivity contribution is 8.18. The molecule has 0 saturated carbocycles. The van der Waals surface area contributed by atoms with Crippen molar-refractivity contribution >= 4 is 34.6 Å². The van der Waals surface area contributed by atoms with Crippen LogP contribution >= 0.6 is 11.8 Å². The van der Waals surface area contributed by atoms with Crippen molar-refractivity contribution in [3.05, 3.63) is 82.3 Å². The van der Waals surface area contributed by atoms with Crippen LogP contribution in [0.15, 0.2) is 70.6 Å². The van der Waals surface area contributed by atoms with Crippen LogP contribution in [-0.4, -0.2) is 36.4 Å². The van der Waals surface area contributed by atoms with Crippen LogP contribution in [0.25, 0.3) is 6.08 Å². The molecule has 2 aliphatic heterocycles. The fourth-order valence-corrected chi connectivity index (χ4v) is 4.90. The molecule has 8 heteroatoms. The van der Waals surface area contributed by atoms with E-state index in [0.29, 0.717) is 34.7 Å². The van der Waals surface area contributed by atoms with Gasteiger partial charge in [-0.2, -0.15) is 0 Å². The van der Waals surface area contributed by atoms with Crippen LogP contribution in [0.1, 0.15) is 23.6 Å². The van der Waals surface area contributed by atoms with Crippen molar-refractivity contribution in [1.82, 2.24) is 4.90 Å². The number of carbonyl (C=O) groups excluding carboxylic acids is 1. The highest BCUT2D eigenvalue weighted by Crippen LogP contribution is 2.37. The van der Waals surface area contributed by atoms with Gasteiger partial charge in [-0.1, -0.05) is 29.8 Å². The average molecular weight is 503 g/mol. The van der Waals surface area contributed by atoms with E-state index in [9.17, 15) is 4.79 Å². The number of rotatable bonds is 7. The predicted octanol–water partition coefficient (Wildman–Crippen LogP) is 5.94. The smallest absolute Gasteiger partial charge is 0.266 e. The second-order valence-electron chi connectivity index (χ2n) is 8.28. The summed E-state index contributed by atoms with van der Waals surface area (Å²) in [5, 5.41) is 0.674. The Morgan fingerprint density at radius 3 is 2.61 bits per heavy atom. The van der Waals surface area contributed by atoms with Gasteiger partial charge in [0, 0.05) is 6.54 Å². The molecule has 0 aromatic heterocycles. The number of amidine groups is 1.